The van der Waals surface area contributed by atoms with Crippen molar-refractivity contribution in [1.82, 2.24) is 0 Å². The number of phenols is 1. The van der Waals surface area contributed by atoms with Gasteiger partial charge in [-0.2, -0.15) is 4.40 Å². The summed E-state index contributed by atoms with van der Waals surface area (Å²) < 4.78 is 28.0. The third kappa shape index (κ3) is 3.81. The number of fused-ring (bicyclic) bond motifs is 1. The molecule has 0 heterocycles. The van der Waals surface area contributed by atoms with Gasteiger partial charge in [0, 0.05) is 5.56 Å². The van der Waals surface area contributed by atoms with E-state index in [2.05, 4.69) is 4.40 Å². The Bertz CT molecular complexity index is 980. The van der Waals surface area contributed by atoms with Crippen molar-refractivity contribution in [1.29, 1.82) is 0 Å². The maximum atomic E-state index is 12.1. The highest BCUT2D eigenvalue weighted by Gasteiger charge is 2.10. The molecule has 0 aliphatic carbocycles. The number of sulfonamides is 1. The number of benzene rings is 3. The van der Waals surface area contributed by atoms with Crippen LogP contribution >= 0.6 is 0 Å². The molecule has 0 fully saturated rings. The zero-order valence-corrected chi connectivity index (χ0v) is 13.8. The van der Waals surface area contributed by atoms with Gasteiger partial charge in [0.1, 0.15) is 5.75 Å². The van der Waals surface area contributed by atoms with Gasteiger partial charge in [0.25, 0.3) is 10.0 Å². The molecular weight excluding hydrogens is 322 g/mol. The molecule has 0 amide bonds. The van der Waals surface area contributed by atoms with Crippen LogP contribution in [-0.2, 0) is 16.4 Å². The SMILES string of the molecule is O=S(=O)(CCc1ccccc1)/N=C/c1c(O)ccc2ccccc12. The Labute approximate surface area is 141 Å². The van der Waals surface area contributed by atoms with Crippen molar-refractivity contribution in [2.24, 2.45) is 4.40 Å². The number of hydrogen-bond acceptors (Lipinski definition) is 3. The van der Waals surface area contributed by atoms with Gasteiger partial charge in [-0.25, -0.2) is 8.42 Å². The average Bonchev–Trinajstić information content (AvgIpc) is 2.60. The number of aromatic hydroxyl groups is 1. The standard InChI is InChI=1S/C19H17NO3S/c21-19-11-10-16-8-4-5-9-17(16)18(19)14-20-24(22,23)13-12-15-6-2-1-3-7-15/h1-11,14,21H,12-13H2/b20-14+. The summed E-state index contributed by atoms with van der Waals surface area (Å²) in [5, 5.41) is 11.7. The highest BCUT2D eigenvalue weighted by atomic mass is 32.2. The number of hydrogen-bond donors (Lipinski definition) is 1. The number of phenolic OH excluding ortho intramolecular Hbond substituents is 1. The lowest BCUT2D eigenvalue weighted by Crippen LogP contribution is -2.06. The van der Waals surface area contributed by atoms with Crippen LogP contribution in [0.25, 0.3) is 10.8 Å². The van der Waals surface area contributed by atoms with Crippen LogP contribution in [0.2, 0.25) is 0 Å². The largest absolute Gasteiger partial charge is 0.507 e. The summed E-state index contributed by atoms with van der Waals surface area (Å²) in [5.74, 6) is -0.0605. The van der Waals surface area contributed by atoms with Crippen molar-refractivity contribution in [2.45, 2.75) is 6.42 Å². The highest BCUT2D eigenvalue weighted by molar-refractivity contribution is 7.90. The Balaban J connectivity index is 1.83. The number of rotatable bonds is 5. The first kappa shape index (κ1) is 16.2. The van der Waals surface area contributed by atoms with Gasteiger partial charge in [-0.05, 0) is 28.8 Å². The first-order valence-corrected chi connectivity index (χ1v) is 9.19. The molecule has 3 aromatic rings. The minimum Gasteiger partial charge on any atom is -0.507 e. The lowest BCUT2D eigenvalue weighted by Gasteiger charge is -2.05. The van der Waals surface area contributed by atoms with Crippen LogP contribution in [0.1, 0.15) is 11.1 Å². The fourth-order valence-corrected chi connectivity index (χ4v) is 3.36. The van der Waals surface area contributed by atoms with Gasteiger partial charge >= 0.3 is 0 Å². The molecule has 0 aliphatic rings. The van der Waals surface area contributed by atoms with E-state index in [9.17, 15) is 13.5 Å². The van der Waals surface area contributed by atoms with E-state index in [-0.39, 0.29) is 11.5 Å². The number of nitrogens with zero attached hydrogens (tertiary/aromatic N) is 1. The molecule has 4 nitrogen and oxygen atoms in total. The quantitative estimate of drug-likeness (QED) is 0.723. The van der Waals surface area contributed by atoms with Crippen LogP contribution in [0.15, 0.2) is 71.1 Å². The first-order chi connectivity index (χ1) is 11.6. The molecule has 0 saturated heterocycles. The molecule has 0 bridgehead atoms. The number of aryl methyl sites for hydroxylation is 1. The Hall–Kier alpha value is -2.66. The Morgan fingerprint density at radius 3 is 2.42 bits per heavy atom. The summed E-state index contributed by atoms with van der Waals surface area (Å²) in [7, 11) is -3.61. The van der Waals surface area contributed by atoms with Crippen LogP contribution in [0.4, 0.5) is 0 Å². The van der Waals surface area contributed by atoms with E-state index in [4.69, 9.17) is 0 Å². The second-order valence-electron chi connectivity index (χ2n) is 5.48. The molecular formula is C19H17NO3S. The molecule has 24 heavy (non-hydrogen) atoms. The van der Waals surface area contributed by atoms with Crippen molar-refractivity contribution in [3.8, 4) is 5.75 Å². The second kappa shape index (κ2) is 6.84. The van der Waals surface area contributed by atoms with Crippen LogP contribution in [0.5, 0.6) is 5.75 Å². The van der Waals surface area contributed by atoms with Crippen molar-refractivity contribution >= 4 is 27.0 Å². The van der Waals surface area contributed by atoms with Crippen molar-refractivity contribution in [3.63, 3.8) is 0 Å². The Morgan fingerprint density at radius 1 is 0.917 bits per heavy atom. The molecule has 0 aliphatic heterocycles. The molecule has 0 radical (unpaired) electrons. The third-order valence-electron chi connectivity index (χ3n) is 3.78. The summed E-state index contributed by atoms with van der Waals surface area (Å²) in [6.07, 6.45) is 1.64. The monoisotopic (exact) mass is 339 g/mol. The summed E-state index contributed by atoms with van der Waals surface area (Å²) >= 11 is 0. The molecule has 5 heteroatoms. The molecule has 0 atom stereocenters. The normalized spacial score (nSPS) is 12.0. The summed E-state index contributed by atoms with van der Waals surface area (Å²) in [6.45, 7) is 0. The minimum atomic E-state index is -3.61. The van der Waals surface area contributed by atoms with E-state index >= 15 is 0 Å². The molecule has 1 N–H and O–H groups in total. The lowest BCUT2D eigenvalue weighted by molar-refractivity contribution is 0.475. The van der Waals surface area contributed by atoms with Gasteiger partial charge in [0.15, 0.2) is 0 Å². The van der Waals surface area contributed by atoms with E-state index in [1.165, 1.54) is 6.21 Å². The maximum absolute atomic E-state index is 12.1. The van der Waals surface area contributed by atoms with Crippen LogP contribution in [-0.4, -0.2) is 25.5 Å². The maximum Gasteiger partial charge on any atom is 0.253 e. The molecule has 0 unspecified atom stereocenters. The lowest BCUT2D eigenvalue weighted by atomic mass is 10.0. The predicted octanol–water partition coefficient (Wildman–Crippen LogP) is 3.54. The van der Waals surface area contributed by atoms with Gasteiger partial charge in [-0.3, -0.25) is 0 Å². The van der Waals surface area contributed by atoms with Gasteiger partial charge in [0.2, 0.25) is 0 Å². The molecule has 3 rings (SSSR count). The zero-order chi connectivity index (χ0) is 17.0. The first-order valence-electron chi connectivity index (χ1n) is 7.58. The second-order valence-corrected chi connectivity index (χ2v) is 7.26. The summed E-state index contributed by atoms with van der Waals surface area (Å²) in [4.78, 5) is 0. The van der Waals surface area contributed by atoms with E-state index in [1.807, 2.05) is 54.6 Å². The zero-order valence-electron chi connectivity index (χ0n) is 13.0. The molecule has 0 saturated carbocycles. The van der Waals surface area contributed by atoms with E-state index in [0.29, 0.717) is 12.0 Å². The van der Waals surface area contributed by atoms with Gasteiger partial charge < -0.3 is 5.11 Å². The molecule has 3 aromatic carbocycles. The van der Waals surface area contributed by atoms with Crippen LogP contribution in [0.3, 0.4) is 0 Å². The molecule has 0 aromatic heterocycles. The van der Waals surface area contributed by atoms with Crippen LogP contribution < -0.4 is 0 Å². The van der Waals surface area contributed by atoms with E-state index < -0.39 is 10.0 Å². The fourth-order valence-electron chi connectivity index (χ4n) is 2.50. The Kier molecular flexibility index (Phi) is 4.62. The van der Waals surface area contributed by atoms with Gasteiger partial charge in [0.05, 0.1) is 12.0 Å². The van der Waals surface area contributed by atoms with Crippen molar-refractivity contribution in [3.05, 3.63) is 77.9 Å². The fraction of sp³-hybridized carbons (Fsp3) is 0.105. The summed E-state index contributed by atoms with van der Waals surface area (Å²) in [6, 6.07) is 20.2. The molecule has 0 spiro atoms. The predicted molar refractivity (Wildman–Crippen MR) is 97.1 cm³/mol. The van der Waals surface area contributed by atoms with Gasteiger partial charge in [-0.1, -0.05) is 60.7 Å². The van der Waals surface area contributed by atoms with E-state index in [1.54, 1.807) is 12.1 Å². The average molecular weight is 339 g/mol. The van der Waals surface area contributed by atoms with E-state index in [0.717, 1.165) is 16.3 Å². The van der Waals surface area contributed by atoms with Crippen LogP contribution in [0, 0.1) is 0 Å². The Morgan fingerprint density at radius 2 is 1.62 bits per heavy atom. The van der Waals surface area contributed by atoms with Crippen molar-refractivity contribution in [2.75, 3.05) is 5.75 Å². The van der Waals surface area contributed by atoms with Gasteiger partial charge in [-0.15, -0.1) is 0 Å². The van der Waals surface area contributed by atoms with Crippen molar-refractivity contribution < 1.29 is 13.5 Å². The summed E-state index contributed by atoms with van der Waals surface area (Å²) in [5.41, 5.74) is 1.36. The molecule has 122 valence electrons. The topological polar surface area (TPSA) is 66.7 Å². The highest BCUT2D eigenvalue weighted by Crippen LogP contribution is 2.25. The minimum absolute atomic E-state index is 0.00992. The third-order valence-corrected chi connectivity index (χ3v) is 4.93. The smallest absolute Gasteiger partial charge is 0.253 e.